The van der Waals surface area contributed by atoms with Crippen LogP contribution in [0.1, 0.15) is 11.1 Å². The first-order valence-corrected chi connectivity index (χ1v) is 6.04. The van der Waals surface area contributed by atoms with Crippen molar-refractivity contribution in [3.8, 4) is 5.75 Å². The molecule has 0 bridgehead atoms. The highest BCUT2D eigenvalue weighted by atomic mass is 35.5. The Bertz CT molecular complexity index is 517. The minimum atomic E-state index is 0.659. The van der Waals surface area contributed by atoms with E-state index in [2.05, 4.69) is 4.99 Å². The van der Waals surface area contributed by atoms with Gasteiger partial charge in [0.05, 0.1) is 13.7 Å². The molecule has 2 nitrogen and oxygen atoms in total. The molecule has 3 heteroatoms. The van der Waals surface area contributed by atoms with Gasteiger partial charge in [-0.3, -0.25) is 4.99 Å². The molecule has 2 aromatic carbocycles. The molecule has 0 fully saturated rings. The van der Waals surface area contributed by atoms with Crippen LogP contribution < -0.4 is 4.74 Å². The van der Waals surface area contributed by atoms with Gasteiger partial charge in [-0.15, -0.1) is 0 Å². The van der Waals surface area contributed by atoms with Gasteiger partial charge in [-0.1, -0.05) is 35.9 Å². The third kappa shape index (κ3) is 3.60. The molecule has 0 spiro atoms. The van der Waals surface area contributed by atoms with Gasteiger partial charge in [-0.05, 0) is 35.4 Å². The molecule has 0 saturated carbocycles. The topological polar surface area (TPSA) is 21.6 Å². The lowest BCUT2D eigenvalue weighted by Crippen LogP contribution is -1.86. The maximum absolute atomic E-state index is 5.81. The summed E-state index contributed by atoms with van der Waals surface area (Å²) >= 11 is 5.81. The van der Waals surface area contributed by atoms with E-state index in [4.69, 9.17) is 16.3 Å². The number of hydrogen-bond acceptors (Lipinski definition) is 2. The van der Waals surface area contributed by atoms with Crippen LogP contribution in [-0.2, 0) is 6.54 Å². The van der Waals surface area contributed by atoms with Crippen LogP contribution in [0.15, 0.2) is 53.5 Å². The molecule has 0 aliphatic carbocycles. The zero-order chi connectivity index (χ0) is 12.8. The normalized spacial score (nSPS) is 10.8. The van der Waals surface area contributed by atoms with E-state index in [-0.39, 0.29) is 0 Å². The Morgan fingerprint density at radius 2 is 1.72 bits per heavy atom. The van der Waals surface area contributed by atoms with Crippen LogP contribution >= 0.6 is 11.6 Å². The van der Waals surface area contributed by atoms with Crippen LogP contribution in [0.25, 0.3) is 0 Å². The van der Waals surface area contributed by atoms with E-state index in [0.29, 0.717) is 6.54 Å². The SMILES string of the molecule is COc1ccc(CN=Cc2ccc(Cl)cc2)cc1. The molecule has 92 valence electrons. The summed E-state index contributed by atoms with van der Waals surface area (Å²) in [6, 6.07) is 15.5. The smallest absolute Gasteiger partial charge is 0.118 e. The van der Waals surface area contributed by atoms with E-state index in [1.807, 2.05) is 54.7 Å². The highest BCUT2D eigenvalue weighted by molar-refractivity contribution is 6.30. The number of hydrogen-bond donors (Lipinski definition) is 0. The fourth-order valence-electron chi connectivity index (χ4n) is 1.54. The van der Waals surface area contributed by atoms with Gasteiger partial charge >= 0.3 is 0 Å². The van der Waals surface area contributed by atoms with Crippen molar-refractivity contribution >= 4 is 17.8 Å². The Hall–Kier alpha value is -1.80. The van der Waals surface area contributed by atoms with Crippen molar-refractivity contribution in [3.05, 3.63) is 64.7 Å². The molecule has 0 unspecified atom stereocenters. The van der Waals surface area contributed by atoms with Gasteiger partial charge in [0, 0.05) is 11.2 Å². The maximum Gasteiger partial charge on any atom is 0.118 e. The van der Waals surface area contributed by atoms with Gasteiger partial charge in [0.25, 0.3) is 0 Å². The zero-order valence-corrected chi connectivity index (χ0v) is 10.9. The molecular formula is C15H14ClNO. The molecule has 0 heterocycles. The third-order valence-corrected chi connectivity index (χ3v) is 2.80. The summed E-state index contributed by atoms with van der Waals surface area (Å²) in [5, 5.41) is 0.738. The van der Waals surface area contributed by atoms with Crippen LogP contribution in [0.4, 0.5) is 0 Å². The first-order chi connectivity index (χ1) is 8.78. The second-order valence-electron chi connectivity index (χ2n) is 3.87. The monoisotopic (exact) mass is 259 g/mol. The van der Waals surface area contributed by atoms with Crippen molar-refractivity contribution in [2.24, 2.45) is 4.99 Å². The number of rotatable bonds is 4. The van der Waals surface area contributed by atoms with E-state index >= 15 is 0 Å². The minimum Gasteiger partial charge on any atom is -0.497 e. The van der Waals surface area contributed by atoms with Crippen LogP contribution in [0.2, 0.25) is 5.02 Å². The van der Waals surface area contributed by atoms with Crippen LogP contribution in [0.5, 0.6) is 5.75 Å². The predicted molar refractivity (Wildman–Crippen MR) is 75.7 cm³/mol. The maximum atomic E-state index is 5.81. The Morgan fingerprint density at radius 3 is 2.33 bits per heavy atom. The lowest BCUT2D eigenvalue weighted by molar-refractivity contribution is 0.414. The molecule has 0 saturated heterocycles. The molecule has 0 amide bonds. The Kier molecular flexibility index (Phi) is 4.37. The molecule has 0 atom stereocenters. The number of methoxy groups -OCH3 is 1. The Balaban J connectivity index is 1.95. The fourth-order valence-corrected chi connectivity index (χ4v) is 1.66. The van der Waals surface area contributed by atoms with Crippen molar-refractivity contribution in [2.45, 2.75) is 6.54 Å². The molecule has 0 N–H and O–H groups in total. The molecular weight excluding hydrogens is 246 g/mol. The summed E-state index contributed by atoms with van der Waals surface area (Å²) in [7, 11) is 1.66. The van der Waals surface area contributed by atoms with Gasteiger partial charge < -0.3 is 4.74 Å². The van der Waals surface area contributed by atoms with Gasteiger partial charge in [0.15, 0.2) is 0 Å². The lowest BCUT2D eigenvalue weighted by Gasteiger charge is -2.00. The van der Waals surface area contributed by atoms with E-state index in [0.717, 1.165) is 21.9 Å². The molecule has 2 rings (SSSR count). The van der Waals surface area contributed by atoms with Gasteiger partial charge in [-0.2, -0.15) is 0 Å². The molecule has 0 radical (unpaired) electrons. The summed E-state index contributed by atoms with van der Waals surface area (Å²) in [4.78, 5) is 4.39. The summed E-state index contributed by atoms with van der Waals surface area (Å²) in [6.45, 7) is 0.659. The van der Waals surface area contributed by atoms with Crippen molar-refractivity contribution in [1.82, 2.24) is 0 Å². The third-order valence-electron chi connectivity index (χ3n) is 2.54. The summed E-state index contributed by atoms with van der Waals surface area (Å²) < 4.78 is 5.10. The van der Waals surface area contributed by atoms with Crippen molar-refractivity contribution in [3.63, 3.8) is 0 Å². The van der Waals surface area contributed by atoms with Crippen LogP contribution in [0, 0.1) is 0 Å². The zero-order valence-electron chi connectivity index (χ0n) is 10.1. The molecule has 0 aliphatic heterocycles. The van der Waals surface area contributed by atoms with Crippen LogP contribution in [-0.4, -0.2) is 13.3 Å². The van der Waals surface area contributed by atoms with Gasteiger partial charge in [-0.25, -0.2) is 0 Å². The van der Waals surface area contributed by atoms with Gasteiger partial charge in [0.2, 0.25) is 0 Å². The van der Waals surface area contributed by atoms with E-state index < -0.39 is 0 Å². The van der Waals surface area contributed by atoms with Crippen molar-refractivity contribution in [1.29, 1.82) is 0 Å². The van der Waals surface area contributed by atoms with Crippen LogP contribution in [0.3, 0.4) is 0 Å². The number of benzene rings is 2. The predicted octanol–water partition coefficient (Wildman–Crippen LogP) is 3.97. The lowest BCUT2D eigenvalue weighted by atomic mass is 10.2. The highest BCUT2D eigenvalue weighted by Crippen LogP contribution is 2.12. The highest BCUT2D eigenvalue weighted by Gasteiger charge is 1.93. The number of ether oxygens (including phenoxy) is 1. The fraction of sp³-hybridized carbons (Fsp3) is 0.133. The summed E-state index contributed by atoms with van der Waals surface area (Å²) in [5.74, 6) is 0.862. The largest absolute Gasteiger partial charge is 0.497 e. The second kappa shape index (κ2) is 6.22. The molecule has 18 heavy (non-hydrogen) atoms. The quantitative estimate of drug-likeness (QED) is 0.762. The number of halogens is 1. The molecule has 0 aromatic heterocycles. The molecule has 0 aliphatic rings. The Labute approximate surface area is 112 Å². The molecule has 2 aromatic rings. The van der Waals surface area contributed by atoms with Crippen molar-refractivity contribution in [2.75, 3.05) is 7.11 Å². The summed E-state index contributed by atoms with van der Waals surface area (Å²) in [5.41, 5.74) is 2.20. The second-order valence-corrected chi connectivity index (χ2v) is 4.31. The first-order valence-electron chi connectivity index (χ1n) is 5.66. The first kappa shape index (κ1) is 12.7. The Morgan fingerprint density at radius 1 is 1.06 bits per heavy atom. The van der Waals surface area contributed by atoms with E-state index in [9.17, 15) is 0 Å². The standard InChI is InChI=1S/C15H14ClNO/c1-18-15-8-4-13(5-9-15)11-17-10-12-2-6-14(16)7-3-12/h2-10H,11H2,1H3. The minimum absolute atomic E-state index is 0.659. The average Bonchev–Trinajstić information content (AvgIpc) is 2.42. The summed E-state index contributed by atoms with van der Waals surface area (Å²) in [6.07, 6.45) is 1.85. The number of nitrogens with zero attached hydrogens (tertiary/aromatic N) is 1. The van der Waals surface area contributed by atoms with Crippen molar-refractivity contribution < 1.29 is 4.74 Å². The van der Waals surface area contributed by atoms with E-state index in [1.165, 1.54) is 0 Å². The van der Waals surface area contributed by atoms with E-state index in [1.54, 1.807) is 7.11 Å². The van der Waals surface area contributed by atoms with Gasteiger partial charge in [0.1, 0.15) is 5.75 Å². The average molecular weight is 260 g/mol. The number of aliphatic imine (C=N–C) groups is 1.